The predicted octanol–water partition coefficient (Wildman–Crippen LogP) is 1.65. The largest absolute Gasteiger partial charge is 0.358 e. The zero-order valence-corrected chi connectivity index (χ0v) is 10.2. The highest BCUT2D eigenvalue weighted by atomic mass is 16.5. The van der Waals surface area contributed by atoms with Crippen molar-refractivity contribution in [3.8, 4) is 0 Å². The summed E-state index contributed by atoms with van der Waals surface area (Å²) in [5.41, 5.74) is 2.13. The van der Waals surface area contributed by atoms with E-state index in [0.29, 0.717) is 23.6 Å². The number of ether oxygens (including phenoxy) is 1. The van der Waals surface area contributed by atoms with Gasteiger partial charge in [0.25, 0.3) is 0 Å². The van der Waals surface area contributed by atoms with Crippen molar-refractivity contribution >= 4 is 17.5 Å². The first-order chi connectivity index (χ1) is 8.81. The number of fused-ring (bicyclic) bond motifs is 1. The van der Waals surface area contributed by atoms with Gasteiger partial charge in [0.2, 0.25) is 0 Å². The van der Waals surface area contributed by atoms with Crippen molar-refractivity contribution in [1.82, 2.24) is 19.5 Å². The molecule has 3 rings (SSSR count). The molecule has 2 aromatic rings. The van der Waals surface area contributed by atoms with Crippen LogP contribution in [0, 0.1) is 6.92 Å². The Morgan fingerprint density at radius 1 is 1.44 bits per heavy atom. The van der Waals surface area contributed by atoms with Crippen molar-refractivity contribution in [2.45, 2.75) is 32.4 Å². The molecule has 94 valence electrons. The Morgan fingerprint density at radius 3 is 3.06 bits per heavy atom. The molecule has 2 aromatic heterocycles. The Kier molecular flexibility index (Phi) is 2.79. The molecule has 0 bridgehead atoms. The smallest absolute Gasteiger partial charge is 0.185 e. The molecular weight excluding hydrogens is 232 g/mol. The van der Waals surface area contributed by atoms with Gasteiger partial charge in [-0.3, -0.25) is 9.36 Å². The van der Waals surface area contributed by atoms with Crippen molar-refractivity contribution in [2.75, 3.05) is 6.61 Å². The maximum Gasteiger partial charge on any atom is 0.185 e. The average molecular weight is 246 g/mol. The summed E-state index contributed by atoms with van der Waals surface area (Å²) in [6.07, 6.45) is 5.14. The van der Waals surface area contributed by atoms with Gasteiger partial charge in [0.1, 0.15) is 18.1 Å². The van der Waals surface area contributed by atoms with Gasteiger partial charge in [0.15, 0.2) is 17.8 Å². The zero-order valence-electron chi connectivity index (χ0n) is 10.2. The van der Waals surface area contributed by atoms with Crippen LogP contribution in [-0.2, 0) is 4.74 Å². The number of aldehydes is 1. The molecule has 0 radical (unpaired) electrons. The minimum absolute atomic E-state index is 0.141. The van der Waals surface area contributed by atoms with Crippen LogP contribution in [0.1, 0.15) is 41.8 Å². The molecule has 0 aromatic carbocycles. The summed E-state index contributed by atoms with van der Waals surface area (Å²) in [6.45, 7) is 2.57. The van der Waals surface area contributed by atoms with E-state index in [1.807, 2.05) is 6.92 Å². The quantitative estimate of drug-likeness (QED) is 0.753. The van der Waals surface area contributed by atoms with Gasteiger partial charge < -0.3 is 4.74 Å². The lowest BCUT2D eigenvalue weighted by atomic mass is 10.2. The Hall–Kier alpha value is -1.82. The number of imidazole rings is 1. The first-order valence-electron chi connectivity index (χ1n) is 6.07. The second-order valence-electron chi connectivity index (χ2n) is 4.41. The van der Waals surface area contributed by atoms with E-state index < -0.39 is 0 Å². The highest BCUT2D eigenvalue weighted by Crippen LogP contribution is 2.27. The molecule has 0 aliphatic carbocycles. The lowest BCUT2D eigenvalue weighted by molar-refractivity contribution is -0.0306. The highest BCUT2D eigenvalue weighted by Gasteiger charge is 2.23. The van der Waals surface area contributed by atoms with E-state index in [4.69, 9.17) is 4.74 Å². The van der Waals surface area contributed by atoms with Gasteiger partial charge in [-0.2, -0.15) is 0 Å². The van der Waals surface area contributed by atoms with Gasteiger partial charge in [-0.25, -0.2) is 15.0 Å². The third-order valence-corrected chi connectivity index (χ3v) is 3.24. The number of carbonyl (C=O) groups is 1. The van der Waals surface area contributed by atoms with Crippen molar-refractivity contribution in [2.24, 2.45) is 0 Å². The third kappa shape index (κ3) is 1.69. The van der Waals surface area contributed by atoms with Crippen LogP contribution >= 0.6 is 0 Å². The van der Waals surface area contributed by atoms with Crippen molar-refractivity contribution < 1.29 is 9.53 Å². The topological polar surface area (TPSA) is 69.9 Å². The monoisotopic (exact) mass is 246 g/mol. The fraction of sp³-hybridized carbons (Fsp3) is 0.500. The SMILES string of the molecule is Cc1ncnc2c1nc(C=O)n2C1CCCCO1. The number of aryl methyl sites for hydroxylation is 1. The van der Waals surface area contributed by atoms with E-state index in [2.05, 4.69) is 15.0 Å². The number of hydrogen-bond acceptors (Lipinski definition) is 5. The number of carbonyl (C=O) groups excluding carboxylic acids is 1. The first-order valence-corrected chi connectivity index (χ1v) is 6.07. The summed E-state index contributed by atoms with van der Waals surface area (Å²) < 4.78 is 7.50. The molecule has 1 atom stereocenters. The summed E-state index contributed by atoms with van der Waals surface area (Å²) in [5, 5.41) is 0. The van der Waals surface area contributed by atoms with E-state index in [0.717, 1.165) is 31.2 Å². The van der Waals surface area contributed by atoms with Crippen molar-refractivity contribution in [1.29, 1.82) is 0 Å². The van der Waals surface area contributed by atoms with Crippen LogP contribution in [0.2, 0.25) is 0 Å². The molecule has 0 amide bonds. The molecule has 1 unspecified atom stereocenters. The highest BCUT2D eigenvalue weighted by molar-refractivity contribution is 5.81. The van der Waals surface area contributed by atoms with Crippen LogP contribution in [0.5, 0.6) is 0 Å². The molecule has 0 N–H and O–H groups in total. The van der Waals surface area contributed by atoms with E-state index in [1.165, 1.54) is 6.33 Å². The van der Waals surface area contributed by atoms with Gasteiger partial charge in [0.05, 0.1) is 5.69 Å². The summed E-state index contributed by atoms with van der Waals surface area (Å²) in [5.74, 6) is 0.362. The molecule has 3 heterocycles. The van der Waals surface area contributed by atoms with Gasteiger partial charge >= 0.3 is 0 Å². The molecule has 1 fully saturated rings. The summed E-state index contributed by atoms with van der Waals surface area (Å²) in [4.78, 5) is 23.8. The third-order valence-electron chi connectivity index (χ3n) is 3.24. The molecule has 6 heteroatoms. The van der Waals surface area contributed by atoms with Crippen molar-refractivity contribution in [3.63, 3.8) is 0 Å². The van der Waals surface area contributed by atoms with Gasteiger partial charge in [-0.05, 0) is 26.2 Å². The summed E-state index contributed by atoms with van der Waals surface area (Å²) in [7, 11) is 0. The molecular formula is C12H14N4O2. The Labute approximate surface area is 104 Å². The average Bonchev–Trinajstić information content (AvgIpc) is 2.80. The summed E-state index contributed by atoms with van der Waals surface area (Å²) >= 11 is 0. The van der Waals surface area contributed by atoms with Crippen LogP contribution in [0.25, 0.3) is 11.2 Å². The number of hydrogen-bond donors (Lipinski definition) is 0. The molecule has 0 spiro atoms. The van der Waals surface area contributed by atoms with E-state index in [1.54, 1.807) is 4.57 Å². The molecule has 1 aliphatic heterocycles. The number of aromatic nitrogens is 4. The Balaban J connectivity index is 2.19. The fourth-order valence-corrected chi connectivity index (χ4v) is 2.33. The lowest BCUT2D eigenvalue weighted by Crippen LogP contribution is -2.20. The maximum absolute atomic E-state index is 11.2. The van der Waals surface area contributed by atoms with Crippen LogP contribution in [0.3, 0.4) is 0 Å². The lowest BCUT2D eigenvalue weighted by Gasteiger charge is -2.24. The molecule has 1 aliphatic rings. The molecule has 0 saturated carbocycles. The van der Waals surface area contributed by atoms with Gasteiger partial charge in [0, 0.05) is 6.61 Å². The Bertz CT molecular complexity index is 587. The summed E-state index contributed by atoms with van der Waals surface area (Å²) in [6, 6.07) is 0. The van der Waals surface area contributed by atoms with Crippen LogP contribution in [0.15, 0.2) is 6.33 Å². The first kappa shape index (κ1) is 11.3. The second kappa shape index (κ2) is 4.45. The predicted molar refractivity (Wildman–Crippen MR) is 64.3 cm³/mol. The second-order valence-corrected chi connectivity index (χ2v) is 4.41. The normalized spacial score (nSPS) is 20.2. The number of rotatable bonds is 2. The maximum atomic E-state index is 11.2. The van der Waals surface area contributed by atoms with E-state index >= 15 is 0 Å². The zero-order chi connectivity index (χ0) is 12.5. The van der Waals surface area contributed by atoms with Crippen molar-refractivity contribution in [3.05, 3.63) is 17.8 Å². The molecule has 18 heavy (non-hydrogen) atoms. The standard InChI is InChI=1S/C12H14N4O2/c1-8-11-12(14-7-13-8)16(9(6-17)15-11)10-4-2-3-5-18-10/h6-7,10H,2-5H2,1H3. The van der Waals surface area contributed by atoms with Gasteiger partial charge in [-0.1, -0.05) is 0 Å². The Morgan fingerprint density at radius 2 is 2.33 bits per heavy atom. The number of nitrogens with zero attached hydrogens (tertiary/aromatic N) is 4. The van der Waals surface area contributed by atoms with Crippen LogP contribution < -0.4 is 0 Å². The van der Waals surface area contributed by atoms with E-state index in [-0.39, 0.29) is 6.23 Å². The molecule has 6 nitrogen and oxygen atoms in total. The van der Waals surface area contributed by atoms with Gasteiger partial charge in [-0.15, -0.1) is 0 Å². The molecule has 1 saturated heterocycles. The minimum Gasteiger partial charge on any atom is -0.358 e. The fourth-order valence-electron chi connectivity index (χ4n) is 2.33. The minimum atomic E-state index is -0.141. The van der Waals surface area contributed by atoms with Crippen LogP contribution in [-0.4, -0.2) is 32.4 Å². The van der Waals surface area contributed by atoms with Crippen LogP contribution in [0.4, 0.5) is 0 Å². The van der Waals surface area contributed by atoms with E-state index in [9.17, 15) is 4.79 Å².